The summed E-state index contributed by atoms with van der Waals surface area (Å²) in [6.07, 6.45) is 5.59. The van der Waals surface area contributed by atoms with Crippen LogP contribution in [0.1, 0.15) is 25.7 Å². The number of thioether (sulfide) groups is 1. The van der Waals surface area contributed by atoms with Gasteiger partial charge >= 0.3 is 0 Å². The van der Waals surface area contributed by atoms with Gasteiger partial charge in [-0.2, -0.15) is 0 Å². The number of nitrogens with zero attached hydrogens (tertiary/aromatic N) is 1. The van der Waals surface area contributed by atoms with Crippen LogP contribution in [0, 0.1) is 5.92 Å². The fourth-order valence-corrected chi connectivity index (χ4v) is 3.48. The fraction of sp³-hybridized carbons (Fsp3) is 1.00. The standard InChI is InChI=1S/C8H17N3S/c1-11-7(12-8(9)10-11)6-4-2-3-5-6/h6-8,10H,2-5,9H2,1H3. The van der Waals surface area contributed by atoms with Crippen LogP contribution in [0.15, 0.2) is 0 Å². The first-order valence-corrected chi connectivity index (χ1v) is 5.62. The van der Waals surface area contributed by atoms with E-state index < -0.39 is 0 Å². The minimum Gasteiger partial charge on any atom is -0.306 e. The summed E-state index contributed by atoms with van der Waals surface area (Å²) in [6.45, 7) is 0. The van der Waals surface area contributed by atoms with Gasteiger partial charge in [0.15, 0.2) is 0 Å². The third kappa shape index (κ3) is 1.62. The maximum atomic E-state index is 5.79. The van der Waals surface area contributed by atoms with Crippen LogP contribution in [0.2, 0.25) is 0 Å². The Morgan fingerprint density at radius 2 is 2.08 bits per heavy atom. The number of nitrogens with one attached hydrogen (secondary N) is 1. The van der Waals surface area contributed by atoms with Crippen molar-refractivity contribution in [2.45, 2.75) is 36.6 Å². The Labute approximate surface area is 78.0 Å². The maximum absolute atomic E-state index is 5.79. The van der Waals surface area contributed by atoms with E-state index in [1.807, 2.05) is 11.8 Å². The predicted octanol–water partition coefficient (Wildman–Crippen LogP) is 0.928. The summed E-state index contributed by atoms with van der Waals surface area (Å²) < 4.78 is 0. The van der Waals surface area contributed by atoms with Crippen LogP contribution in [0.4, 0.5) is 0 Å². The van der Waals surface area contributed by atoms with Gasteiger partial charge in [-0.25, -0.2) is 10.4 Å². The third-order valence-electron chi connectivity index (χ3n) is 2.80. The van der Waals surface area contributed by atoms with Crippen molar-refractivity contribution < 1.29 is 0 Å². The summed E-state index contributed by atoms with van der Waals surface area (Å²) in [6, 6.07) is 0. The minimum atomic E-state index is 0.112. The molecule has 70 valence electrons. The van der Waals surface area contributed by atoms with Gasteiger partial charge in [-0.15, -0.1) is 11.8 Å². The normalized spacial score (nSPS) is 39.5. The number of hydrogen-bond donors (Lipinski definition) is 2. The van der Waals surface area contributed by atoms with E-state index in [1.54, 1.807) is 0 Å². The van der Waals surface area contributed by atoms with Gasteiger partial charge in [0, 0.05) is 7.05 Å². The Kier molecular flexibility index (Phi) is 2.60. The second-order valence-corrected chi connectivity index (χ2v) is 4.99. The monoisotopic (exact) mass is 187 g/mol. The van der Waals surface area contributed by atoms with Gasteiger partial charge in [0.1, 0.15) is 5.50 Å². The highest BCUT2D eigenvalue weighted by atomic mass is 32.2. The second kappa shape index (κ2) is 3.54. The molecule has 2 atom stereocenters. The summed E-state index contributed by atoms with van der Waals surface area (Å²) in [7, 11) is 2.10. The summed E-state index contributed by atoms with van der Waals surface area (Å²) in [5.74, 6) is 0.862. The highest BCUT2D eigenvalue weighted by molar-refractivity contribution is 8.00. The smallest absolute Gasteiger partial charge is 0.117 e. The quantitative estimate of drug-likeness (QED) is 0.641. The number of hydrogen-bond acceptors (Lipinski definition) is 4. The van der Waals surface area contributed by atoms with E-state index in [9.17, 15) is 0 Å². The molecule has 0 spiro atoms. The molecule has 2 fully saturated rings. The fourth-order valence-electron chi connectivity index (χ4n) is 2.22. The second-order valence-electron chi connectivity index (χ2n) is 3.73. The van der Waals surface area contributed by atoms with E-state index in [4.69, 9.17) is 5.73 Å². The first-order chi connectivity index (χ1) is 5.77. The lowest BCUT2D eigenvalue weighted by Gasteiger charge is -2.23. The Morgan fingerprint density at radius 1 is 1.42 bits per heavy atom. The lowest BCUT2D eigenvalue weighted by Crippen LogP contribution is -2.40. The van der Waals surface area contributed by atoms with E-state index in [2.05, 4.69) is 17.5 Å². The summed E-state index contributed by atoms with van der Waals surface area (Å²) in [5.41, 5.74) is 9.12. The van der Waals surface area contributed by atoms with E-state index >= 15 is 0 Å². The average molecular weight is 187 g/mol. The molecule has 1 aliphatic carbocycles. The highest BCUT2D eigenvalue weighted by Gasteiger charge is 2.35. The van der Waals surface area contributed by atoms with Crippen LogP contribution in [-0.4, -0.2) is 22.9 Å². The van der Waals surface area contributed by atoms with Crippen LogP contribution in [0.3, 0.4) is 0 Å². The van der Waals surface area contributed by atoms with Crippen molar-refractivity contribution in [2.75, 3.05) is 7.05 Å². The number of hydrazine groups is 1. The molecular weight excluding hydrogens is 170 g/mol. The Morgan fingerprint density at radius 3 is 2.58 bits per heavy atom. The summed E-state index contributed by atoms with van der Waals surface area (Å²) in [5, 5.41) is 2.80. The van der Waals surface area contributed by atoms with E-state index in [0.29, 0.717) is 5.37 Å². The van der Waals surface area contributed by atoms with Crippen molar-refractivity contribution in [1.82, 2.24) is 10.4 Å². The predicted molar refractivity (Wildman–Crippen MR) is 52.2 cm³/mol. The van der Waals surface area contributed by atoms with Crippen LogP contribution in [0.5, 0.6) is 0 Å². The summed E-state index contributed by atoms with van der Waals surface area (Å²) >= 11 is 1.86. The highest BCUT2D eigenvalue weighted by Crippen LogP contribution is 2.37. The van der Waals surface area contributed by atoms with Gasteiger partial charge in [0.05, 0.1) is 5.37 Å². The molecular formula is C8H17N3S. The van der Waals surface area contributed by atoms with Gasteiger partial charge in [-0.05, 0) is 18.8 Å². The topological polar surface area (TPSA) is 41.3 Å². The molecule has 12 heavy (non-hydrogen) atoms. The Balaban J connectivity index is 1.94. The third-order valence-corrected chi connectivity index (χ3v) is 4.18. The van der Waals surface area contributed by atoms with Crippen molar-refractivity contribution in [3.8, 4) is 0 Å². The first-order valence-electron chi connectivity index (χ1n) is 4.67. The van der Waals surface area contributed by atoms with E-state index in [-0.39, 0.29) is 5.50 Å². The Hall–Kier alpha value is 0.230. The van der Waals surface area contributed by atoms with Crippen LogP contribution < -0.4 is 11.2 Å². The Bertz CT molecular complexity index is 158. The molecule has 1 saturated carbocycles. The molecule has 1 saturated heterocycles. The molecule has 1 heterocycles. The van der Waals surface area contributed by atoms with Crippen molar-refractivity contribution >= 4 is 11.8 Å². The lowest BCUT2D eigenvalue weighted by atomic mass is 10.1. The molecule has 0 aromatic carbocycles. The molecule has 4 heteroatoms. The minimum absolute atomic E-state index is 0.112. The van der Waals surface area contributed by atoms with Crippen molar-refractivity contribution in [3.63, 3.8) is 0 Å². The molecule has 0 bridgehead atoms. The lowest BCUT2D eigenvalue weighted by molar-refractivity contribution is 0.194. The van der Waals surface area contributed by atoms with Crippen LogP contribution >= 0.6 is 11.8 Å². The number of rotatable bonds is 1. The zero-order chi connectivity index (χ0) is 8.55. The first kappa shape index (κ1) is 8.81. The van der Waals surface area contributed by atoms with E-state index in [1.165, 1.54) is 25.7 Å². The maximum Gasteiger partial charge on any atom is 0.117 e. The molecule has 1 aliphatic heterocycles. The van der Waals surface area contributed by atoms with Gasteiger partial charge in [-0.3, -0.25) is 0 Å². The molecule has 0 radical (unpaired) electrons. The van der Waals surface area contributed by atoms with Crippen LogP contribution in [-0.2, 0) is 0 Å². The molecule has 2 rings (SSSR count). The zero-order valence-corrected chi connectivity index (χ0v) is 8.31. The van der Waals surface area contributed by atoms with Crippen molar-refractivity contribution in [2.24, 2.45) is 11.7 Å². The summed E-state index contributed by atoms with van der Waals surface area (Å²) in [4.78, 5) is 0. The molecule has 3 nitrogen and oxygen atoms in total. The van der Waals surface area contributed by atoms with Crippen molar-refractivity contribution in [1.29, 1.82) is 0 Å². The van der Waals surface area contributed by atoms with Gasteiger partial charge < -0.3 is 5.73 Å². The zero-order valence-electron chi connectivity index (χ0n) is 7.49. The largest absolute Gasteiger partial charge is 0.306 e. The molecule has 0 aromatic heterocycles. The van der Waals surface area contributed by atoms with Crippen molar-refractivity contribution in [3.05, 3.63) is 0 Å². The molecule has 2 unspecified atom stereocenters. The SMILES string of the molecule is CN1NC(N)SC1C1CCCC1. The molecule has 3 N–H and O–H groups in total. The van der Waals surface area contributed by atoms with Crippen LogP contribution in [0.25, 0.3) is 0 Å². The molecule has 2 aliphatic rings. The molecule has 0 aromatic rings. The average Bonchev–Trinajstić information content (AvgIpc) is 2.58. The van der Waals surface area contributed by atoms with Gasteiger partial charge in [0.2, 0.25) is 0 Å². The number of nitrogens with two attached hydrogens (primary N) is 1. The molecule has 0 amide bonds. The van der Waals surface area contributed by atoms with E-state index in [0.717, 1.165) is 5.92 Å². The van der Waals surface area contributed by atoms with Gasteiger partial charge in [-0.1, -0.05) is 12.8 Å². The van der Waals surface area contributed by atoms with Gasteiger partial charge in [0.25, 0.3) is 0 Å².